The van der Waals surface area contributed by atoms with Crippen LogP contribution in [0, 0.1) is 11.3 Å². The van der Waals surface area contributed by atoms with Gasteiger partial charge in [0.05, 0.1) is 12.0 Å². The summed E-state index contributed by atoms with van der Waals surface area (Å²) in [6.45, 7) is 1.74. The maximum Gasteiger partial charge on any atom is 0.247 e. The molecule has 1 aromatic heterocycles. The number of nitrogens with zero attached hydrogens (tertiary/aromatic N) is 1. The number of nitriles is 1. The largest absolute Gasteiger partial charge is 0.374 e. The Morgan fingerprint density at radius 2 is 1.96 bits per heavy atom. The molecule has 24 heavy (non-hydrogen) atoms. The van der Waals surface area contributed by atoms with Crippen LogP contribution in [-0.2, 0) is 16.0 Å². The van der Waals surface area contributed by atoms with Crippen molar-refractivity contribution >= 4 is 33.8 Å². The van der Waals surface area contributed by atoms with Crippen molar-refractivity contribution in [3.8, 4) is 6.07 Å². The van der Waals surface area contributed by atoms with Crippen LogP contribution in [0.5, 0.6) is 0 Å². The lowest BCUT2D eigenvalue weighted by atomic mass is 10.1. The molecule has 0 aliphatic heterocycles. The van der Waals surface area contributed by atoms with E-state index < -0.39 is 6.04 Å². The summed E-state index contributed by atoms with van der Waals surface area (Å²) in [5.74, 6) is -0.268. The van der Waals surface area contributed by atoms with Crippen molar-refractivity contribution in [2.75, 3.05) is 17.7 Å². The highest BCUT2D eigenvalue weighted by Gasteiger charge is 2.15. The number of likely N-dealkylation sites (N-methyl/N-ethyl adjacent to an activating group) is 1. The first-order chi connectivity index (χ1) is 11.5. The van der Waals surface area contributed by atoms with Gasteiger partial charge in [0.2, 0.25) is 11.8 Å². The van der Waals surface area contributed by atoms with Gasteiger partial charge in [-0.15, -0.1) is 11.3 Å². The highest BCUT2D eigenvalue weighted by atomic mass is 32.1. The first kappa shape index (κ1) is 17.5. The Kier molecular flexibility index (Phi) is 5.93. The number of thiophene rings is 1. The summed E-state index contributed by atoms with van der Waals surface area (Å²) in [4.78, 5) is 23.5. The first-order valence-corrected chi connectivity index (χ1v) is 8.26. The summed E-state index contributed by atoms with van der Waals surface area (Å²) in [6.07, 6.45) is 0.322. The molecule has 0 saturated carbocycles. The zero-order valence-corrected chi connectivity index (χ0v) is 14.2. The third-order valence-corrected chi connectivity index (χ3v) is 4.23. The lowest BCUT2D eigenvalue weighted by Crippen LogP contribution is -2.31. The maximum absolute atomic E-state index is 12.2. The van der Waals surface area contributed by atoms with Crippen LogP contribution in [0.1, 0.15) is 18.1 Å². The van der Waals surface area contributed by atoms with E-state index in [9.17, 15) is 9.59 Å². The van der Waals surface area contributed by atoms with Crippen molar-refractivity contribution in [3.05, 3.63) is 46.8 Å². The average Bonchev–Trinajstić information content (AvgIpc) is 3.03. The van der Waals surface area contributed by atoms with E-state index in [1.165, 1.54) is 11.3 Å². The standard InChI is InChI=1S/C17H18N4O2S/c1-11(16(23)21-17-13(10-18)7-8-24-17)20-14-5-3-12(4-6-14)9-15(22)19-2/h3-8,11,20H,9H2,1-2H3,(H,19,22)(H,21,23). The van der Waals surface area contributed by atoms with Gasteiger partial charge in [0.1, 0.15) is 17.1 Å². The fourth-order valence-corrected chi connectivity index (χ4v) is 2.76. The van der Waals surface area contributed by atoms with Crippen molar-refractivity contribution in [2.45, 2.75) is 19.4 Å². The second-order valence-corrected chi connectivity index (χ2v) is 6.09. The van der Waals surface area contributed by atoms with Crippen LogP contribution < -0.4 is 16.0 Å². The molecule has 1 heterocycles. The zero-order valence-electron chi connectivity index (χ0n) is 13.4. The van der Waals surface area contributed by atoms with Gasteiger partial charge >= 0.3 is 0 Å². The van der Waals surface area contributed by atoms with Crippen LogP contribution >= 0.6 is 11.3 Å². The minimum Gasteiger partial charge on any atom is -0.374 e. The monoisotopic (exact) mass is 342 g/mol. The van der Waals surface area contributed by atoms with Gasteiger partial charge in [-0.2, -0.15) is 5.26 Å². The number of nitrogens with one attached hydrogen (secondary N) is 3. The molecule has 7 heteroatoms. The summed E-state index contributed by atoms with van der Waals surface area (Å²) in [5, 5.41) is 19.7. The molecule has 6 nitrogen and oxygen atoms in total. The van der Waals surface area contributed by atoms with E-state index in [2.05, 4.69) is 16.0 Å². The molecule has 3 N–H and O–H groups in total. The number of carbonyl (C=O) groups excluding carboxylic acids is 2. The minimum absolute atomic E-state index is 0.0484. The number of anilines is 2. The van der Waals surface area contributed by atoms with Gasteiger partial charge < -0.3 is 16.0 Å². The Labute approximate surface area is 144 Å². The lowest BCUT2D eigenvalue weighted by molar-refractivity contribution is -0.120. The lowest BCUT2D eigenvalue weighted by Gasteiger charge is -2.15. The van der Waals surface area contributed by atoms with Crippen molar-refractivity contribution in [2.24, 2.45) is 0 Å². The van der Waals surface area contributed by atoms with Crippen LogP contribution in [0.25, 0.3) is 0 Å². The molecule has 1 aromatic carbocycles. The second kappa shape index (κ2) is 8.13. The number of rotatable bonds is 6. The van der Waals surface area contributed by atoms with Gasteiger partial charge in [-0.3, -0.25) is 9.59 Å². The Morgan fingerprint density at radius 1 is 1.25 bits per heavy atom. The number of benzene rings is 1. The number of hydrogen-bond acceptors (Lipinski definition) is 5. The average molecular weight is 342 g/mol. The predicted octanol–water partition coefficient (Wildman–Crippen LogP) is 2.35. The summed E-state index contributed by atoms with van der Waals surface area (Å²) in [5.41, 5.74) is 2.14. The molecule has 2 amide bonds. The smallest absolute Gasteiger partial charge is 0.247 e. The van der Waals surface area contributed by atoms with Crippen molar-refractivity contribution < 1.29 is 9.59 Å². The van der Waals surface area contributed by atoms with Crippen LogP contribution in [0.4, 0.5) is 10.7 Å². The Balaban J connectivity index is 1.94. The van der Waals surface area contributed by atoms with Gasteiger partial charge in [-0.1, -0.05) is 12.1 Å². The molecule has 0 bridgehead atoms. The highest BCUT2D eigenvalue weighted by Crippen LogP contribution is 2.22. The summed E-state index contributed by atoms with van der Waals surface area (Å²) >= 11 is 1.32. The van der Waals surface area contributed by atoms with Gasteiger partial charge in [0.15, 0.2) is 0 Å². The van der Waals surface area contributed by atoms with E-state index in [0.717, 1.165) is 11.3 Å². The quantitative estimate of drug-likeness (QED) is 0.751. The van der Waals surface area contributed by atoms with Gasteiger partial charge in [-0.05, 0) is 36.1 Å². The minimum atomic E-state index is -0.469. The Morgan fingerprint density at radius 3 is 2.58 bits per heavy atom. The van der Waals surface area contributed by atoms with Crippen LogP contribution in [0.3, 0.4) is 0 Å². The van der Waals surface area contributed by atoms with Gasteiger partial charge in [0.25, 0.3) is 0 Å². The molecular formula is C17H18N4O2S. The molecule has 0 radical (unpaired) electrons. The normalized spacial score (nSPS) is 11.2. The van der Waals surface area contributed by atoms with E-state index in [1.54, 1.807) is 25.4 Å². The molecule has 2 rings (SSSR count). The molecule has 0 saturated heterocycles. The van der Waals surface area contributed by atoms with Crippen molar-refractivity contribution in [1.29, 1.82) is 5.26 Å². The van der Waals surface area contributed by atoms with E-state index in [0.29, 0.717) is 17.0 Å². The molecule has 1 atom stereocenters. The molecule has 1 unspecified atom stereocenters. The topological polar surface area (TPSA) is 94.0 Å². The van der Waals surface area contributed by atoms with Crippen LogP contribution in [0.2, 0.25) is 0 Å². The fraction of sp³-hybridized carbons (Fsp3) is 0.235. The third-order valence-electron chi connectivity index (χ3n) is 3.40. The van der Waals surface area contributed by atoms with Crippen molar-refractivity contribution in [1.82, 2.24) is 5.32 Å². The fourth-order valence-electron chi connectivity index (χ4n) is 2.02. The first-order valence-electron chi connectivity index (χ1n) is 7.38. The number of amides is 2. The predicted molar refractivity (Wildman–Crippen MR) is 95.0 cm³/mol. The molecule has 0 fully saturated rings. The Bertz CT molecular complexity index is 762. The molecule has 2 aromatic rings. The second-order valence-electron chi connectivity index (χ2n) is 5.18. The third kappa shape index (κ3) is 4.57. The molecule has 0 aliphatic rings. The zero-order chi connectivity index (χ0) is 17.5. The van der Waals surface area contributed by atoms with E-state index >= 15 is 0 Å². The van der Waals surface area contributed by atoms with Crippen LogP contribution in [-0.4, -0.2) is 24.9 Å². The van der Waals surface area contributed by atoms with E-state index in [4.69, 9.17) is 5.26 Å². The maximum atomic E-state index is 12.2. The van der Waals surface area contributed by atoms with Gasteiger partial charge in [-0.25, -0.2) is 0 Å². The SMILES string of the molecule is CNC(=O)Cc1ccc(NC(C)C(=O)Nc2sccc2C#N)cc1. The van der Waals surface area contributed by atoms with E-state index in [1.807, 2.05) is 30.3 Å². The van der Waals surface area contributed by atoms with E-state index in [-0.39, 0.29) is 11.8 Å². The molecule has 124 valence electrons. The Hall–Kier alpha value is -2.85. The highest BCUT2D eigenvalue weighted by molar-refractivity contribution is 7.14. The van der Waals surface area contributed by atoms with Gasteiger partial charge in [0, 0.05) is 12.7 Å². The molecule has 0 aliphatic carbocycles. The van der Waals surface area contributed by atoms with Crippen molar-refractivity contribution in [3.63, 3.8) is 0 Å². The number of hydrogen-bond donors (Lipinski definition) is 3. The van der Waals surface area contributed by atoms with Crippen LogP contribution in [0.15, 0.2) is 35.7 Å². The number of carbonyl (C=O) groups is 2. The summed E-state index contributed by atoms with van der Waals surface area (Å²) in [6, 6.07) is 10.6. The molecule has 0 spiro atoms. The molecular weight excluding hydrogens is 324 g/mol. The summed E-state index contributed by atoms with van der Waals surface area (Å²) < 4.78 is 0. The summed E-state index contributed by atoms with van der Waals surface area (Å²) in [7, 11) is 1.60.